The summed E-state index contributed by atoms with van der Waals surface area (Å²) in [7, 11) is 0. The van der Waals surface area contributed by atoms with Gasteiger partial charge in [0.05, 0.1) is 0 Å². The van der Waals surface area contributed by atoms with Gasteiger partial charge in [0, 0.05) is 11.0 Å². The van der Waals surface area contributed by atoms with E-state index in [1.165, 1.54) is 45.0 Å². The summed E-state index contributed by atoms with van der Waals surface area (Å²) in [5.41, 5.74) is -1.29. The Kier molecular flexibility index (Phi) is 2.93. The lowest BCUT2D eigenvalue weighted by atomic mass is 9.84. The molecule has 0 N–H and O–H groups in total. The standard InChI is InChI=1S/C12H14F2O/c1-11(2,3)10(15)12(13,14)9-7-5-4-6-8-9/h4-8H,1-3H3. The third-order valence-corrected chi connectivity index (χ3v) is 2.10. The fourth-order valence-corrected chi connectivity index (χ4v) is 1.25. The van der Waals surface area contributed by atoms with Crippen molar-refractivity contribution in [3.63, 3.8) is 0 Å². The molecule has 0 heterocycles. The van der Waals surface area contributed by atoms with E-state index in [1.54, 1.807) is 6.07 Å². The molecule has 0 atom stereocenters. The first-order valence-corrected chi connectivity index (χ1v) is 4.74. The number of carbonyl (C=O) groups excluding carboxylic acids is 1. The zero-order valence-corrected chi connectivity index (χ0v) is 9.05. The fourth-order valence-electron chi connectivity index (χ4n) is 1.25. The minimum atomic E-state index is -3.40. The summed E-state index contributed by atoms with van der Waals surface area (Å²) in [6.07, 6.45) is 0. The van der Waals surface area contributed by atoms with Crippen LogP contribution in [0, 0.1) is 5.41 Å². The molecular weight excluding hydrogens is 198 g/mol. The van der Waals surface area contributed by atoms with Crippen molar-refractivity contribution in [3.05, 3.63) is 35.9 Å². The Morgan fingerprint density at radius 1 is 1.07 bits per heavy atom. The minimum absolute atomic E-state index is 0.245. The van der Waals surface area contributed by atoms with Crippen LogP contribution >= 0.6 is 0 Å². The summed E-state index contributed by atoms with van der Waals surface area (Å²) in [6, 6.07) is 7.17. The number of halogens is 2. The molecule has 82 valence electrons. The van der Waals surface area contributed by atoms with Crippen molar-refractivity contribution in [1.82, 2.24) is 0 Å². The van der Waals surface area contributed by atoms with Crippen LogP contribution in [0.3, 0.4) is 0 Å². The second kappa shape index (κ2) is 3.72. The Bertz CT molecular complexity index is 350. The molecule has 1 nitrogen and oxygen atoms in total. The molecule has 1 aromatic carbocycles. The molecule has 0 spiro atoms. The molecule has 0 saturated heterocycles. The van der Waals surface area contributed by atoms with Gasteiger partial charge in [-0.05, 0) is 0 Å². The van der Waals surface area contributed by atoms with Crippen molar-refractivity contribution >= 4 is 5.78 Å². The highest BCUT2D eigenvalue weighted by atomic mass is 19.3. The van der Waals surface area contributed by atoms with Gasteiger partial charge in [-0.25, -0.2) is 0 Å². The van der Waals surface area contributed by atoms with Crippen LogP contribution in [0.2, 0.25) is 0 Å². The Labute approximate surface area is 88.1 Å². The van der Waals surface area contributed by atoms with E-state index in [0.29, 0.717) is 0 Å². The lowest BCUT2D eigenvalue weighted by molar-refractivity contribution is -0.153. The van der Waals surface area contributed by atoms with Crippen LogP contribution in [0.4, 0.5) is 8.78 Å². The number of ketones is 1. The molecule has 0 unspecified atom stereocenters. The molecule has 0 aliphatic rings. The predicted octanol–water partition coefficient (Wildman–Crippen LogP) is 3.39. The van der Waals surface area contributed by atoms with Gasteiger partial charge >= 0.3 is 5.92 Å². The van der Waals surface area contributed by atoms with E-state index < -0.39 is 17.1 Å². The molecule has 1 aromatic rings. The van der Waals surface area contributed by atoms with Crippen molar-refractivity contribution < 1.29 is 13.6 Å². The van der Waals surface area contributed by atoms with E-state index in [1.807, 2.05) is 0 Å². The van der Waals surface area contributed by atoms with Gasteiger partial charge in [0.1, 0.15) is 0 Å². The first kappa shape index (κ1) is 11.8. The van der Waals surface area contributed by atoms with E-state index in [4.69, 9.17) is 0 Å². The van der Waals surface area contributed by atoms with Crippen LogP contribution in [0.1, 0.15) is 26.3 Å². The summed E-state index contributed by atoms with van der Waals surface area (Å²) in [4.78, 5) is 11.5. The molecule has 0 radical (unpaired) electrons. The molecule has 0 bridgehead atoms. The number of hydrogen-bond acceptors (Lipinski definition) is 1. The molecule has 0 fully saturated rings. The third kappa shape index (κ3) is 2.41. The number of benzene rings is 1. The highest BCUT2D eigenvalue weighted by molar-refractivity contribution is 5.91. The van der Waals surface area contributed by atoms with Gasteiger partial charge in [0.15, 0.2) is 0 Å². The molecule has 15 heavy (non-hydrogen) atoms. The quantitative estimate of drug-likeness (QED) is 0.734. The van der Waals surface area contributed by atoms with Gasteiger partial charge in [0.25, 0.3) is 0 Å². The van der Waals surface area contributed by atoms with E-state index in [2.05, 4.69) is 0 Å². The average molecular weight is 212 g/mol. The van der Waals surface area contributed by atoms with E-state index in [0.717, 1.165) is 0 Å². The minimum Gasteiger partial charge on any atom is -0.292 e. The number of carbonyl (C=O) groups is 1. The van der Waals surface area contributed by atoms with Crippen molar-refractivity contribution in [2.24, 2.45) is 5.41 Å². The van der Waals surface area contributed by atoms with Crippen molar-refractivity contribution in [3.8, 4) is 0 Å². The lowest BCUT2D eigenvalue weighted by Gasteiger charge is -2.24. The highest BCUT2D eigenvalue weighted by Gasteiger charge is 2.46. The number of hydrogen-bond donors (Lipinski definition) is 0. The summed E-state index contributed by atoms with van der Waals surface area (Å²) in [5.74, 6) is -4.46. The lowest BCUT2D eigenvalue weighted by Crippen LogP contribution is -2.36. The second-order valence-electron chi connectivity index (χ2n) is 4.52. The van der Waals surface area contributed by atoms with Crippen molar-refractivity contribution in [1.29, 1.82) is 0 Å². The predicted molar refractivity (Wildman–Crippen MR) is 54.8 cm³/mol. The maximum Gasteiger partial charge on any atom is 0.331 e. The zero-order chi connectivity index (χ0) is 11.7. The van der Waals surface area contributed by atoms with Crippen LogP contribution in [-0.4, -0.2) is 5.78 Å². The van der Waals surface area contributed by atoms with Crippen molar-refractivity contribution in [2.45, 2.75) is 26.7 Å². The topological polar surface area (TPSA) is 17.1 Å². The first-order chi connectivity index (χ1) is 6.76. The average Bonchev–Trinajstić information content (AvgIpc) is 2.16. The Morgan fingerprint density at radius 2 is 1.53 bits per heavy atom. The summed E-state index contributed by atoms with van der Waals surface area (Å²) >= 11 is 0. The van der Waals surface area contributed by atoms with Crippen LogP contribution < -0.4 is 0 Å². The van der Waals surface area contributed by atoms with Crippen molar-refractivity contribution in [2.75, 3.05) is 0 Å². The van der Waals surface area contributed by atoms with E-state index in [-0.39, 0.29) is 5.56 Å². The third-order valence-electron chi connectivity index (χ3n) is 2.10. The van der Waals surface area contributed by atoms with Gasteiger partial charge in [0.2, 0.25) is 5.78 Å². The number of rotatable bonds is 2. The largest absolute Gasteiger partial charge is 0.331 e. The van der Waals surface area contributed by atoms with Gasteiger partial charge in [-0.1, -0.05) is 51.1 Å². The molecule has 0 aliphatic carbocycles. The maximum absolute atomic E-state index is 13.7. The van der Waals surface area contributed by atoms with Crippen LogP contribution in [-0.2, 0) is 10.7 Å². The highest BCUT2D eigenvalue weighted by Crippen LogP contribution is 2.35. The molecule has 1 rings (SSSR count). The van der Waals surface area contributed by atoms with Gasteiger partial charge in [-0.15, -0.1) is 0 Å². The molecule has 0 aromatic heterocycles. The van der Waals surface area contributed by atoms with E-state index in [9.17, 15) is 13.6 Å². The Balaban J connectivity index is 3.09. The Morgan fingerprint density at radius 3 is 1.93 bits per heavy atom. The van der Waals surface area contributed by atoms with E-state index >= 15 is 0 Å². The smallest absolute Gasteiger partial charge is 0.292 e. The molecule has 3 heteroatoms. The molecular formula is C12H14F2O. The van der Waals surface area contributed by atoms with Crippen LogP contribution in [0.5, 0.6) is 0 Å². The normalized spacial score (nSPS) is 12.6. The summed E-state index contributed by atoms with van der Waals surface area (Å²) in [6.45, 7) is 4.48. The number of Topliss-reactive ketones (excluding diaryl/α,β-unsaturated/α-hetero) is 1. The van der Waals surface area contributed by atoms with Gasteiger partial charge in [-0.3, -0.25) is 4.79 Å². The Hall–Kier alpha value is -1.25. The molecule has 0 saturated carbocycles. The summed E-state index contributed by atoms with van der Waals surface area (Å²) < 4.78 is 27.4. The molecule has 0 aliphatic heterocycles. The van der Waals surface area contributed by atoms with Gasteiger partial charge in [-0.2, -0.15) is 8.78 Å². The SMILES string of the molecule is CC(C)(C)C(=O)C(F)(F)c1ccccc1. The van der Waals surface area contributed by atoms with Gasteiger partial charge < -0.3 is 0 Å². The monoisotopic (exact) mass is 212 g/mol. The summed E-state index contributed by atoms with van der Waals surface area (Å²) in [5, 5.41) is 0. The number of alkyl halides is 2. The maximum atomic E-state index is 13.7. The fraction of sp³-hybridized carbons (Fsp3) is 0.417. The zero-order valence-electron chi connectivity index (χ0n) is 9.05. The van der Waals surface area contributed by atoms with Crippen LogP contribution in [0.25, 0.3) is 0 Å². The molecule has 0 amide bonds. The second-order valence-corrected chi connectivity index (χ2v) is 4.52. The van der Waals surface area contributed by atoms with Crippen LogP contribution in [0.15, 0.2) is 30.3 Å². The first-order valence-electron chi connectivity index (χ1n) is 4.74.